The van der Waals surface area contributed by atoms with E-state index in [1.54, 1.807) is 12.1 Å². The number of carbonyl (C=O) groups is 2. The smallest absolute Gasteiger partial charge is 0.335 e. The van der Waals surface area contributed by atoms with Crippen molar-refractivity contribution in [1.29, 1.82) is 0 Å². The molecule has 0 spiro atoms. The normalized spacial score (nSPS) is 17.6. The van der Waals surface area contributed by atoms with Gasteiger partial charge in [0.1, 0.15) is 0 Å². The average Bonchev–Trinajstić information content (AvgIpc) is 2.67. The number of fused-ring (bicyclic) bond motifs is 1. The molecule has 1 aromatic carbocycles. The number of carboxylic acids is 1. The highest BCUT2D eigenvalue weighted by atomic mass is 16.4. The van der Waals surface area contributed by atoms with E-state index >= 15 is 0 Å². The van der Waals surface area contributed by atoms with Crippen LogP contribution in [-0.4, -0.2) is 23.5 Å². The van der Waals surface area contributed by atoms with Crippen molar-refractivity contribution < 1.29 is 14.7 Å². The standard InChI is InChI=1S/C13H15NO3/c1-8(15)14-7-9-4-10-2-3-11(13(16)17)6-12(10)5-9/h2-3,6,9H,4-5,7H2,1H3,(H,14,15)(H,16,17). The molecule has 0 radical (unpaired) electrons. The highest BCUT2D eigenvalue weighted by Gasteiger charge is 2.22. The fourth-order valence-corrected chi connectivity index (χ4v) is 2.27. The fraction of sp³-hybridized carbons (Fsp3) is 0.385. The van der Waals surface area contributed by atoms with Crippen LogP contribution in [0.1, 0.15) is 28.4 Å². The van der Waals surface area contributed by atoms with Gasteiger partial charge < -0.3 is 10.4 Å². The molecule has 1 aliphatic rings. The predicted octanol–water partition coefficient (Wildman–Crippen LogP) is 1.24. The molecule has 0 aromatic heterocycles. The number of rotatable bonds is 3. The minimum absolute atomic E-state index is 0.0211. The molecule has 0 fully saturated rings. The fourth-order valence-electron chi connectivity index (χ4n) is 2.27. The first kappa shape index (κ1) is 11.6. The van der Waals surface area contributed by atoms with Crippen LogP contribution in [0.15, 0.2) is 18.2 Å². The Kier molecular flexibility index (Phi) is 3.13. The second-order valence-electron chi connectivity index (χ2n) is 4.50. The van der Waals surface area contributed by atoms with Gasteiger partial charge in [0.2, 0.25) is 5.91 Å². The van der Waals surface area contributed by atoms with Crippen LogP contribution in [0.2, 0.25) is 0 Å². The SMILES string of the molecule is CC(=O)NCC1Cc2ccc(C(=O)O)cc2C1. The highest BCUT2D eigenvalue weighted by Crippen LogP contribution is 2.27. The molecule has 0 aliphatic heterocycles. The summed E-state index contributed by atoms with van der Waals surface area (Å²) in [6.07, 6.45) is 1.76. The van der Waals surface area contributed by atoms with E-state index in [4.69, 9.17) is 5.11 Å². The zero-order chi connectivity index (χ0) is 12.4. The quantitative estimate of drug-likeness (QED) is 0.825. The first-order valence-corrected chi connectivity index (χ1v) is 5.66. The Hall–Kier alpha value is -1.84. The Morgan fingerprint density at radius 1 is 1.35 bits per heavy atom. The van der Waals surface area contributed by atoms with Gasteiger partial charge in [-0.15, -0.1) is 0 Å². The van der Waals surface area contributed by atoms with Crippen LogP contribution in [0.5, 0.6) is 0 Å². The Morgan fingerprint density at radius 2 is 2.06 bits per heavy atom. The molecule has 0 bridgehead atoms. The summed E-state index contributed by atoms with van der Waals surface area (Å²) in [7, 11) is 0. The van der Waals surface area contributed by atoms with Crippen LogP contribution in [-0.2, 0) is 17.6 Å². The molecule has 1 aliphatic carbocycles. The summed E-state index contributed by atoms with van der Waals surface area (Å²) in [5, 5.41) is 11.7. The molecule has 1 unspecified atom stereocenters. The van der Waals surface area contributed by atoms with Gasteiger partial charge in [0.15, 0.2) is 0 Å². The van der Waals surface area contributed by atoms with Crippen LogP contribution in [0, 0.1) is 5.92 Å². The number of amides is 1. The van der Waals surface area contributed by atoms with Gasteiger partial charge in [-0.1, -0.05) is 6.07 Å². The van der Waals surface area contributed by atoms with E-state index in [1.807, 2.05) is 6.07 Å². The molecular weight excluding hydrogens is 218 g/mol. The molecule has 0 heterocycles. The number of aromatic carboxylic acids is 1. The van der Waals surface area contributed by atoms with E-state index in [-0.39, 0.29) is 5.91 Å². The van der Waals surface area contributed by atoms with Gasteiger partial charge in [0.25, 0.3) is 0 Å². The summed E-state index contributed by atoms with van der Waals surface area (Å²) in [5.74, 6) is -0.525. The highest BCUT2D eigenvalue weighted by molar-refractivity contribution is 5.88. The molecule has 1 atom stereocenters. The van der Waals surface area contributed by atoms with Gasteiger partial charge in [0.05, 0.1) is 5.56 Å². The molecule has 17 heavy (non-hydrogen) atoms. The summed E-state index contributed by atoms with van der Waals surface area (Å²) < 4.78 is 0. The topological polar surface area (TPSA) is 66.4 Å². The first-order chi connectivity index (χ1) is 8.06. The van der Waals surface area contributed by atoms with Crippen molar-refractivity contribution in [2.75, 3.05) is 6.54 Å². The lowest BCUT2D eigenvalue weighted by Crippen LogP contribution is -2.27. The van der Waals surface area contributed by atoms with Crippen molar-refractivity contribution in [3.05, 3.63) is 34.9 Å². The molecule has 2 N–H and O–H groups in total. The average molecular weight is 233 g/mol. The van der Waals surface area contributed by atoms with Crippen molar-refractivity contribution in [2.24, 2.45) is 5.92 Å². The maximum atomic E-state index is 10.8. The zero-order valence-electron chi connectivity index (χ0n) is 9.69. The van der Waals surface area contributed by atoms with E-state index in [9.17, 15) is 9.59 Å². The van der Waals surface area contributed by atoms with Gasteiger partial charge in [-0.2, -0.15) is 0 Å². The van der Waals surface area contributed by atoms with Gasteiger partial charge in [-0.3, -0.25) is 4.79 Å². The Bertz CT molecular complexity index is 468. The Balaban J connectivity index is 2.06. The van der Waals surface area contributed by atoms with Crippen LogP contribution in [0.3, 0.4) is 0 Å². The number of carbonyl (C=O) groups excluding carboxylic acids is 1. The lowest BCUT2D eigenvalue weighted by atomic mass is 10.1. The third-order valence-electron chi connectivity index (χ3n) is 3.11. The van der Waals surface area contributed by atoms with Crippen LogP contribution in [0.4, 0.5) is 0 Å². The number of nitrogens with one attached hydrogen (secondary N) is 1. The Labute approximate surface area is 99.6 Å². The van der Waals surface area contributed by atoms with Crippen LogP contribution < -0.4 is 5.32 Å². The molecule has 0 saturated carbocycles. The van der Waals surface area contributed by atoms with Crippen molar-refractivity contribution in [1.82, 2.24) is 5.32 Å². The lowest BCUT2D eigenvalue weighted by Gasteiger charge is -2.08. The first-order valence-electron chi connectivity index (χ1n) is 5.66. The number of hydrogen-bond donors (Lipinski definition) is 2. The Morgan fingerprint density at radius 3 is 2.71 bits per heavy atom. The lowest BCUT2D eigenvalue weighted by molar-refractivity contribution is -0.119. The summed E-state index contributed by atoms with van der Waals surface area (Å²) in [5.41, 5.74) is 2.63. The van der Waals surface area contributed by atoms with Crippen molar-refractivity contribution in [2.45, 2.75) is 19.8 Å². The summed E-state index contributed by atoms with van der Waals surface area (Å²) in [4.78, 5) is 21.7. The monoisotopic (exact) mass is 233 g/mol. The second-order valence-corrected chi connectivity index (χ2v) is 4.50. The third kappa shape index (κ3) is 2.64. The molecule has 4 nitrogen and oxygen atoms in total. The largest absolute Gasteiger partial charge is 0.478 e. The molecule has 4 heteroatoms. The van der Waals surface area contributed by atoms with Gasteiger partial charge >= 0.3 is 5.97 Å². The van der Waals surface area contributed by atoms with Gasteiger partial charge in [-0.25, -0.2) is 4.79 Å². The van der Waals surface area contributed by atoms with Crippen molar-refractivity contribution in [3.63, 3.8) is 0 Å². The number of carboxylic acid groups (broad SMARTS) is 1. The van der Waals surface area contributed by atoms with Crippen molar-refractivity contribution in [3.8, 4) is 0 Å². The summed E-state index contributed by atoms with van der Waals surface area (Å²) in [6, 6.07) is 5.26. The van der Waals surface area contributed by atoms with Crippen LogP contribution in [0.25, 0.3) is 0 Å². The summed E-state index contributed by atoms with van der Waals surface area (Å²) >= 11 is 0. The van der Waals surface area contributed by atoms with E-state index in [0.29, 0.717) is 18.0 Å². The van der Waals surface area contributed by atoms with Gasteiger partial charge in [-0.05, 0) is 42.0 Å². The molecule has 0 saturated heterocycles. The molecule has 1 amide bonds. The number of hydrogen-bond acceptors (Lipinski definition) is 2. The second kappa shape index (κ2) is 4.57. The predicted molar refractivity (Wildman–Crippen MR) is 63.0 cm³/mol. The number of benzene rings is 1. The molecule has 90 valence electrons. The van der Waals surface area contributed by atoms with Crippen LogP contribution >= 0.6 is 0 Å². The third-order valence-corrected chi connectivity index (χ3v) is 3.11. The van der Waals surface area contributed by atoms with Gasteiger partial charge in [0, 0.05) is 13.5 Å². The summed E-state index contributed by atoms with van der Waals surface area (Å²) in [6.45, 7) is 2.16. The maximum Gasteiger partial charge on any atom is 0.335 e. The molecular formula is C13H15NO3. The zero-order valence-corrected chi connectivity index (χ0v) is 9.69. The minimum Gasteiger partial charge on any atom is -0.478 e. The van der Waals surface area contributed by atoms with E-state index < -0.39 is 5.97 Å². The van der Waals surface area contributed by atoms with Crippen molar-refractivity contribution >= 4 is 11.9 Å². The van der Waals surface area contributed by atoms with E-state index in [0.717, 1.165) is 18.4 Å². The van der Waals surface area contributed by atoms with E-state index in [2.05, 4.69) is 5.32 Å². The minimum atomic E-state index is -0.891. The van der Waals surface area contributed by atoms with E-state index in [1.165, 1.54) is 12.5 Å². The maximum absolute atomic E-state index is 10.8. The molecule has 1 aromatic rings. The molecule has 2 rings (SSSR count).